The van der Waals surface area contributed by atoms with Crippen LogP contribution in [0, 0.1) is 11.8 Å². The molecule has 2 aliphatic heterocycles. The molecule has 3 nitrogen and oxygen atoms in total. The van der Waals surface area contributed by atoms with Crippen LogP contribution in [0.1, 0.15) is 30.0 Å². The average molecular weight is 270 g/mol. The Bertz CT molecular complexity index is 549. The van der Waals surface area contributed by atoms with Crippen LogP contribution in [-0.2, 0) is 9.47 Å². The van der Waals surface area contributed by atoms with Gasteiger partial charge in [0.15, 0.2) is 0 Å². The summed E-state index contributed by atoms with van der Waals surface area (Å²) < 4.78 is 17.7. The Labute approximate surface area is 118 Å². The van der Waals surface area contributed by atoms with Gasteiger partial charge in [-0.25, -0.2) is 0 Å². The predicted molar refractivity (Wildman–Crippen MR) is 74.1 cm³/mol. The highest BCUT2D eigenvalue weighted by atomic mass is 16.5. The van der Waals surface area contributed by atoms with E-state index in [0.29, 0.717) is 11.8 Å². The van der Waals surface area contributed by atoms with Crippen LogP contribution >= 0.6 is 0 Å². The van der Waals surface area contributed by atoms with Gasteiger partial charge >= 0.3 is 0 Å². The lowest BCUT2D eigenvalue weighted by Gasteiger charge is -2.34. The Morgan fingerprint density at radius 2 is 1.80 bits per heavy atom. The number of ether oxygens (including phenoxy) is 2. The van der Waals surface area contributed by atoms with E-state index < -0.39 is 0 Å². The van der Waals surface area contributed by atoms with Crippen molar-refractivity contribution in [2.75, 3.05) is 13.2 Å². The van der Waals surface area contributed by atoms with E-state index in [-0.39, 0.29) is 12.2 Å². The third-order valence-electron chi connectivity index (χ3n) is 4.47. The first-order valence-corrected chi connectivity index (χ1v) is 7.25. The molecule has 0 unspecified atom stereocenters. The van der Waals surface area contributed by atoms with Crippen molar-refractivity contribution in [1.82, 2.24) is 0 Å². The van der Waals surface area contributed by atoms with Crippen molar-refractivity contribution in [3.05, 3.63) is 60.1 Å². The molecular weight excluding hydrogens is 252 g/mol. The van der Waals surface area contributed by atoms with Crippen LogP contribution in [-0.4, -0.2) is 13.2 Å². The molecule has 2 saturated heterocycles. The highest BCUT2D eigenvalue weighted by molar-refractivity contribution is 5.21. The van der Waals surface area contributed by atoms with Crippen molar-refractivity contribution in [2.24, 2.45) is 11.8 Å². The molecule has 0 aliphatic carbocycles. The highest BCUT2D eigenvalue weighted by Gasteiger charge is 2.47. The maximum Gasteiger partial charge on any atom is 0.132 e. The maximum absolute atomic E-state index is 6.09. The molecule has 0 bridgehead atoms. The van der Waals surface area contributed by atoms with Crippen LogP contribution in [0.25, 0.3) is 0 Å². The quantitative estimate of drug-likeness (QED) is 0.833. The van der Waals surface area contributed by atoms with E-state index in [1.807, 2.05) is 18.2 Å². The largest absolute Gasteiger partial charge is 0.467 e. The molecule has 0 spiro atoms. The second-order valence-corrected chi connectivity index (χ2v) is 5.60. The standard InChI is InChI=1S/C17H18O3/c1-2-5-12(6-3-1)16-15-13(11-20-16)8-10-19-17(15)14-7-4-9-18-14/h1-7,9,13,15-17H,8,10-11H2/t13-,15+,16-,17+/m0/s1. The molecule has 3 heterocycles. The lowest BCUT2D eigenvalue weighted by atomic mass is 9.79. The van der Waals surface area contributed by atoms with Crippen LogP contribution < -0.4 is 0 Å². The van der Waals surface area contributed by atoms with Crippen molar-refractivity contribution >= 4 is 0 Å². The van der Waals surface area contributed by atoms with Gasteiger partial charge in [-0.15, -0.1) is 0 Å². The molecule has 1 aromatic carbocycles. The van der Waals surface area contributed by atoms with E-state index in [0.717, 1.165) is 25.4 Å². The molecule has 20 heavy (non-hydrogen) atoms. The van der Waals surface area contributed by atoms with Gasteiger partial charge in [-0.3, -0.25) is 0 Å². The number of rotatable bonds is 2. The minimum absolute atomic E-state index is 0.0106. The normalized spacial score (nSPS) is 33.0. The molecule has 0 N–H and O–H groups in total. The summed E-state index contributed by atoms with van der Waals surface area (Å²) in [6, 6.07) is 14.4. The van der Waals surface area contributed by atoms with Gasteiger partial charge in [0.25, 0.3) is 0 Å². The first-order chi connectivity index (χ1) is 9.93. The zero-order valence-electron chi connectivity index (χ0n) is 11.3. The van der Waals surface area contributed by atoms with Gasteiger partial charge in [0, 0.05) is 12.5 Å². The summed E-state index contributed by atoms with van der Waals surface area (Å²) in [5, 5.41) is 0. The van der Waals surface area contributed by atoms with Crippen molar-refractivity contribution in [2.45, 2.75) is 18.6 Å². The van der Waals surface area contributed by atoms with Crippen LogP contribution in [0.5, 0.6) is 0 Å². The predicted octanol–water partition coefficient (Wildman–Crippen LogP) is 3.74. The molecule has 0 amide bonds. The molecule has 104 valence electrons. The molecule has 0 saturated carbocycles. The second kappa shape index (κ2) is 5.08. The van der Waals surface area contributed by atoms with E-state index in [9.17, 15) is 0 Å². The first kappa shape index (κ1) is 12.2. The highest BCUT2D eigenvalue weighted by Crippen LogP contribution is 2.50. The fourth-order valence-corrected chi connectivity index (χ4v) is 3.52. The van der Waals surface area contributed by atoms with Crippen LogP contribution in [0.15, 0.2) is 53.1 Å². The van der Waals surface area contributed by atoms with E-state index in [1.165, 1.54) is 5.56 Å². The van der Waals surface area contributed by atoms with Gasteiger partial charge in [-0.05, 0) is 30.0 Å². The number of fused-ring (bicyclic) bond motifs is 1. The lowest BCUT2D eigenvalue weighted by molar-refractivity contribution is -0.0707. The number of hydrogen-bond donors (Lipinski definition) is 0. The SMILES string of the molecule is c1ccc([C@@H]2OC[C@@H]3CCO[C@H](c4ccco4)[C@H]32)cc1. The average Bonchev–Trinajstić information content (AvgIpc) is 3.17. The summed E-state index contributed by atoms with van der Waals surface area (Å²) in [5.74, 6) is 1.83. The third kappa shape index (κ3) is 1.98. The van der Waals surface area contributed by atoms with Gasteiger partial charge < -0.3 is 13.9 Å². The molecule has 2 aromatic rings. The summed E-state index contributed by atoms with van der Waals surface area (Å²) >= 11 is 0. The first-order valence-electron chi connectivity index (χ1n) is 7.25. The van der Waals surface area contributed by atoms with Gasteiger partial charge in [-0.1, -0.05) is 30.3 Å². The van der Waals surface area contributed by atoms with Gasteiger partial charge in [-0.2, -0.15) is 0 Å². The Balaban J connectivity index is 1.68. The summed E-state index contributed by atoms with van der Waals surface area (Å²) in [5.41, 5.74) is 1.24. The van der Waals surface area contributed by atoms with Crippen LogP contribution in [0.4, 0.5) is 0 Å². The van der Waals surface area contributed by atoms with Gasteiger partial charge in [0.2, 0.25) is 0 Å². The minimum atomic E-state index is 0.0106. The van der Waals surface area contributed by atoms with Gasteiger partial charge in [0.05, 0.1) is 19.0 Å². The van der Waals surface area contributed by atoms with E-state index in [1.54, 1.807) is 6.26 Å². The lowest BCUT2D eigenvalue weighted by Crippen LogP contribution is -2.30. The molecule has 4 rings (SSSR count). The summed E-state index contributed by atoms with van der Waals surface area (Å²) in [6.07, 6.45) is 2.91. The van der Waals surface area contributed by atoms with Crippen molar-refractivity contribution in [1.29, 1.82) is 0 Å². The fourth-order valence-electron chi connectivity index (χ4n) is 3.52. The number of furan rings is 1. The molecule has 3 heteroatoms. The summed E-state index contributed by atoms with van der Waals surface area (Å²) in [6.45, 7) is 1.61. The van der Waals surface area contributed by atoms with Gasteiger partial charge in [0.1, 0.15) is 11.9 Å². The second-order valence-electron chi connectivity index (χ2n) is 5.60. The Hall–Kier alpha value is -1.58. The third-order valence-corrected chi connectivity index (χ3v) is 4.47. The monoisotopic (exact) mass is 270 g/mol. The maximum atomic E-state index is 6.09. The number of benzene rings is 1. The Morgan fingerprint density at radius 1 is 0.900 bits per heavy atom. The summed E-state index contributed by atoms with van der Waals surface area (Å²) in [4.78, 5) is 0. The minimum Gasteiger partial charge on any atom is -0.467 e. The molecular formula is C17H18O3. The molecule has 4 atom stereocenters. The van der Waals surface area contributed by atoms with E-state index in [2.05, 4.69) is 24.3 Å². The smallest absolute Gasteiger partial charge is 0.132 e. The van der Waals surface area contributed by atoms with Crippen LogP contribution in [0.2, 0.25) is 0 Å². The molecule has 1 aromatic heterocycles. The molecule has 0 radical (unpaired) electrons. The number of hydrogen-bond acceptors (Lipinski definition) is 3. The van der Waals surface area contributed by atoms with Crippen molar-refractivity contribution < 1.29 is 13.9 Å². The Kier molecular flexibility index (Phi) is 3.09. The molecule has 2 aliphatic rings. The topological polar surface area (TPSA) is 31.6 Å². The zero-order valence-corrected chi connectivity index (χ0v) is 11.3. The van der Waals surface area contributed by atoms with E-state index in [4.69, 9.17) is 13.9 Å². The molecule has 2 fully saturated rings. The van der Waals surface area contributed by atoms with Crippen molar-refractivity contribution in [3.63, 3.8) is 0 Å². The fraction of sp³-hybridized carbons (Fsp3) is 0.412. The van der Waals surface area contributed by atoms with Crippen molar-refractivity contribution in [3.8, 4) is 0 Å². The van der Waals surface area contributed by atoms with E-state index >= 15 is 0 Å². The zero-order chi connectivity index (χ0) is 13.4. The summed E-state index contributed by atoms with van der Waals surface area (Å²) in [7, 11) is 0. The van der Waals surface area contributed by atoms with Crippen LogP contribution in [0.3, 0.4) is 0 Å². The Morgan fingerprint density at radius 3 is 2.60 bits per heavy atom.